The quantitative estimate of drug-likeness (QED) is 0.536. The van der Waals surface area contributed by atoms with Gasteiger partial charge in [0, 0.05) is 13.1 Å². The van der Waals surface area contributed by atoms with Crippen molar-refractivity contribution in [3.8, 4) is 0 Å². The van der Waals surface area contributed by atoms with Crippen LogP contribution >= 0.6 is 11.8 Å². The molecule has 0 aromatic rings. The number of hydrogen-bond acceptors (Lipinski definition) is 5. The van der Waals surface area contributed by atoms with Crippen LogP contribution in [0.25, 0.3) is 0 Å². The Labute approximate surface area is 82.4 Å². The molecule has 2 atom stereocenters. The number of piperazine rings is 1. The van der Waals surface area contributed by atoms with Crippen molar-refractivity contribution >= 4 is 17.6 Å². The Morgan fingerprint density at radius 3 is 3.38 bits per heavy atom. The fourth-order valence-corrected chi connectivity index (χ4v) is 2.95. The molecular weight excluding hydrogens is 184 g/mol. The molecule has 13 heavy (non-hydrogen) atoms. The van der Waals surface area contributed by atoms with E-state index in [1.54, 1.807) is 0 Å². The molecule has 72 valence electrons. The molecule has 0 bridgehead atoms. The second kappa shape index (κ2) is 2.87. The van der Waals surface area contributed by atoms with Crippen LogP contribution in [0.5, 0.6) is 0 Å². The lowest BCUT2D eigenvalue weighted by atomic mass is 10.3. The van der Waals surface area contributed by atoms with Crippen molar-refractivity contribution in [3.05, 3.63) is 0 Å². The zero-order valence-electron chi connectivity index (χ0n) is 7.73. The number of amidine groups is 1. The van der Waals surface area contributed by atoms with Gasteiger partial charge in [-0.2, -0.15) is 0 Å². The summed E-state index contributed by atoms with van der Waals surface area (Å²) in [6, 6.07) is 0. The SMILES string of the molecule is CN1CCN2C(=NCNC3S[C@@H]32)C1. The lowest BCUT2D eigenvalue weighted by Crippen LogP contribution is -2.49. The summed E-state index contributed by atoms with van der Waals surface area (Å²) in [6.07, 6.45) is 0. The molecule has 0 amide bonds. The topological polar surface area (TPSA) is 30.9 Å². The second-order valence-electron chi connectivity index (χ2n) is 3.82. The zero-order chi connectivity index (χ0) is 8.84. The Morgan fingerprint density at radius 1 is 1.54 bits per heavy atom. The predicted octanol–water partition coefficient (Wildman–Crippen LogP) is -0.408. The van der Waals surface area contributed by atoms with Gasteiger partial charge in [0.05, 0.1) is 18.6 Å². The van der Waals surface area contributed by atoms with E-state index in [1.807, 2.05) is 11.8 Å². The smallest absolute Gasteiger partial charge is 0.116 e. The van der Waals surface area contributed by atoms with Crippen LogP contribution in [0.4, 0.5) is 0 Å². The molecule has 3 heterocycles. The van der Waals surface area contributed by atoms with E-state index in [0.717, 1.165) is 19.8 Å². The molecule has 4 nitrogen and oxygen atoms in total. The summed E-state index contributed by atoms with van der Waals surface area (Å²) in [5.74, 6) is 1.28. The van der Waals surface area contributed by atoms with Crippen LogP contribution in [0.1, 0.15) is 0 Å². The number of aliphatic imine (C=N–C) groups is 1. The van der Waals surface area contributed by atoms with Crippen LogP contribution in [-0.4, -0.2) is 59.7 Å². The number of thioether (sulfide) groups is 1. The molecule has 1 unspecified atom stereocenters. The third-order valence-electron chi connectivity index (χ3n) is 2.80. The Hall–Kier alpha value is -0.260. The first-order chi connectivity index (χ1) is 6.34. The van der Waals surface area contributed by atoms with E-state index in [-0.39, 0.29) is 0 Å². The summed E-state index contributed by atoms with van der Waals surface area (Å²) in [4.78, 5) is 9.36. The first kappa shape index (κ1) is 8.08. The molecule has 5 heteroatoms. The molecule has 0 saturated carbocycles. The van der Waals surface area contributed by atoms with Crippen LogP contribution in [0.3, 0.4) is 0 Å². The van der Waals surface area contributed by atoms with Crippen molar-refractivity contribution in [2.45, 2.75) is 10.7 Å². The highest BCUT2D eigenvalue weighted by molar-refractivity contribution is 8.07. The number of hydrogen-bond donors (Lipinski definition) is 1. The van der Waals surface area contributed by atoms with Gasteiger partial charge in [-0.15, -0.1) is 11.8 Å². The predicted molar refractivity (Wildman–Crippen MR) is 54.8 cm³/mol. The van der Waals surface area contributed by atoms with Gasteiger partial charge in [0.15, 0.2) is 0 Å². The fraction of sp³-hybridized carbons (Fsp3) is 0.875. The third kappa shape index (κ3) is 1.35. The van der Waals surface area contributed by atoms with Gasteiger partial charge in [-0.1, -0.05) is 0 Å². The van der Waals surface area contributed by atoms with Gasteiger partial charge in [0.1, 0.15) is 11.2 Å². The fourth-order valence-electron chi connectivity index (χ4n) is 1.95. The molecule has 3 rings (SSSR count). The molecule has 2 saturated heterocycles. The van der Waals surface area contributed by atoms with Crippen molar-refractivity contribution in [1.29, 1.82) is 0 Å². The normalized spacial score (nSPS) is 38.8. The summed E-state index contributed by atoms with van der Waals surface area (Å²) in [7, 11) is 2.16. The van der Waals surface area contributed by atoms with Crippen molar-refractivity contribution in [2.75, 3.05) is 33.4 Å². The Kier molecular flexibility index (Phi) is 1.78. The van der Waals surface area contributed by atoms with E-state index in [4.69, 9.17) is 0 Å². The number of nitrogens with zero attached hydrogens (tertiary/aromatic N) is 3. The highest BCUT2D eigenvalue weighted by Gasteiger charge is 2.46. The Bertz CT molecular complexity index is 255. The van der Waals surface area contributed by atoms with Crippen molar-refractivity contribution in [2.24, 2.45) is 4.99 Å². The highest BCUT2D eigenvalue weighted by atomic mass is 32.2. The van der Waals surface area contributed by atoms with E-state index in [1.165, 1.54) is 12.4 Å². The van der Waals surface area contributed by atoms with Crippen LogP contribution in [0, 0.1) is 0 Å². The standard InChI is InChI=1S/C8H14N4S/c1-11-2-3-12-6(4-11)9-5-10-7-8(12)13-7/h7-8,10H,2-5H2,1H3/t7?,8-/m0/s1. The van der Waals surface area contributed by atoms with Gasteiger partial charge in [-0.05, 0) is 7.05 Å². The summed E-state index contributed by atoms with van der Waals surface area (Å²) >= 11 is 2.01. The third-order valence-corrected chi connectivity index (χ3v) is 4.00. The van der Waals surface area contributed by atoms with Crippen molar-refractivity contribution < 1.29 is 0 Å². The molecule has 0 aliphatic carbocycles. The van der Waals surface area contributed by atoms with E-state index in [0.29, 0.717) is 10.7 Å². The number of likely N-dealkylation sites (N-methyl/N-ethyl adjacent to an activating group) is 1. The number of fused-ring (bicyclic) bond motifs is 3. The molecule has 0 spiro atoms. The van der Waals surface area contributed by atoms with Gasteiger partial charge >= 0.3 is 0 Å². The van der Waals surface area contributed by atoms with Gasteiger partial charge in [-0.25, -0.2) is 0 Å². The van der Waals surface area contributed by atoms with Gasteiger partial charge in [0.25, 0.3) is 0 Å². The average Bonchev–Trinajstić information content (AvgIpc) is 2.82. The minimum absolute atomic E-state index is 0.643. The van der Waals surface area contributed by atoms with E-state index < -0.39 is 0 Å². The van der Waals surface area contributed by atoms with E-state index in [9.17, 15) is 0 Å². The van der Waals surface area contributed by atoms with Crippen molar-refractivity contribution in [3.63, 3.8) is 0 Å². The highest BCUT2D eigenvalue weighted by Crippen LogP contribution is 2.43. The minimum atomic E-state index is 0.643. The van der Waals surface area contributed by atoms with Crippen LogP contribution in [-0.2, 0) is 0 Å². The number of rotatable bonds is 0. The lowest BCUT2D eigenvalue weighted by Gasteiger charge is -2.34. The summed E-state index contributed by atoms with van der Waals surface area (Å²) < 4.78 is 0. The zero-order valence-corrected chi connectivity index (χ0v) is 8.55. The molecule has 0 aromatic heterocycles. The van der Waals surface area contributed by atoms with Gasteiger partial charge in [-0.3, -0.25) is 15.2 Å². The molecule has 0 radical (unpaired) electrons. The molecular formula is C8H14N4S. The Morgan fingerprint density at radius 2 is 2.46 bits per heavy atom. The summed E-state index contributed by atoms with van der Waals surface area (Å²) in [6.45, 7) is 4.13. The molecule has 0 aromatic carbocycles. The molecule has 2 fully saturated rings. The van der Waals surface area contributed by atoms with Crippen LogP contribution in [0.2, 0.25) is 0 Å². The molecule has 1 N–H and O–H groups in total. The maximum Gasteiger partial charge on any atom is 0.116 e. The maximum atomic E-state index is 4.55. The largest absolute Gasteiger partial charge is 0.343 e. The second-order valence-corrected chi connectivity index (χ2v) is 5.08. The summed E-state index contributed by atoms with van der Waals surface area (Å²) in [5.41, 5.74) is 0. The number of nitrogens with one attached hydrogen (secondary N) is 1. The summed E-state index contributed by atoms with van der Waals surface area (Å²) in [5, 5.41) is 4.72. The van der Waals surface area contributed by atoms with Crippen molar-refractivity contribution in [1.82, 2.24) is 15.1 Å². The van der Waals surface area contributed by atoms with Crippen LogP contribution < -0.4 is 5.32 Å². The monoisotopic (exact) mass is 198 g/mol. The van der Waals surface area contributed by atoms with Gasteiger partial charge < -0.3 is 4.90 Å². The van der Waals surface area contributed by atoms with Gasteiger partial charge in [0.2, 0.25) is 0 Å². The lowest BCUT2D eigenvalue weighted by molar-refractivity contribution is 0.265. The van der Waals surface area contributed by atoms with E-state index in [2.05, 4.69) is 27.2 Å². The molecule has 3 aliphatic rings. The first-order valence-corrected chi connectivity index (χ1v) is 5.66. The maximum absolute atomic E-state index is 4.55. The Balaban J connectivity index is 1.82. The van der Waals surface area contributed by atoms with E-state index >= 15 is 0 Å². The average molecular weight is 198 g/mol. The minimum Gasteiger partial charge on any atom is -0.343 e. The molecule has 3 aliphatic heterocycles. The first-order valence-electron chi connectivity index (χ1n) is 4.72. The van der Waals surface area contributed by atoms with Crippen LogP contribution in [0.15, 0.2) is 4.99 Å².